The average molecular weight is 1050 g/mol. The predicted molar refractivity (Wildman–Crippen MR) is 234 cm³/mol. The number of nitrogens with one attached hydrogen (secondary N) is 3. The zero-order chi connectivity index (χ0) is 50.7. The minimum Gasteiger partial charge on any atom is -0.480 e. The summed E-state index contributed by atoms with van der Waals surface area (Å²) < 4.78 is 103. The predicted octanol–water partition coefficient (Wildman–Crippen LogP) is 6.56. The van der Waals surface area contributed by atoms with Gasteiger partial charge in [-0.25, -0.2) is 40.7 Å². The Labute approximate surface area is 394 Å². The molecule has 3 heterocycles. The lowest BCUT2D eigenvalue weighted by Crippen LogP contribution is -2.35. The Bertz CT molecular complexity index is 3150. The number of urea groups is 1. The van der Waals surface area contributed by atoms with E-state index >= 15 is 0 Å². The molecular weight excluding hydrogens is 1020 g/mol. The van der Waals surface area contributed by atoms with E-state index < -0.39 is 93.2 Å². The fourth-order valence-electron chi connectivity index (χ4n) is 4.97. The summed E-state index contributed by atoms with van der Waals surface area (Å²) in [7, 11) is -7.06. The van der Waals surface area contributed by atoms with Crippen molar-refractivity contribution in [3.8, 4) is 23.3 Å². The third-order valence-corrected chi connectivity index (χ3v) is 11.3. The Morgan fingerprint density at radius 3 is 2.21 bits per heavy atom. The molecule has 0 radical (unpaired) electrons. The summed E-state index contributed by atoms with van der Waals surface area (Å²) in [4.78, 5) is 69.9. The van der Waals surface area contributed by atoms with Crippen molar-refractivity contribution in [3.63, 3.8) is 0 Å². The van der Waals surface area contributed by atoms with Gasteiger partial charge in [-0.15, -0.1) is 11.3 Å². The molecule has 0 atom stereocenters. The van der Waals surface area contributed by atoms with Crippen molar-refractivity contribution in [3.05, 3.63) is 120 Å². The SMILES string of the molecule is COc1nc(C)nc(NC(=O)NS(=O)(=O)c2ccsc2C(=O)O)n1.CS(=O)(=O)NC(=O)c1cc(Oc2ccc(C(F)(F)F)cc2Cl)ccc1[N+](=O)[O-].O=C(O)COc1ccc(Cl)c2cccnc12. The van der Waals surface area contributed by atoms with Crippen LogP contribution in [0.3, 0.4) is 0 Å². The molecule has 6 rings (SSSR count). The van der Waals surface area contributed by atoms with Crippen LogP contribution in [0, 0.1) is 17.0 Å². The maximum absolute atomic E-state index is 12.7. The Morgan fingerprint density at radius 2 is 1.60 bits per heavy atom. The molecule has 68 heavy (non-hydrogen) atoms. The highest BCUT2D eigenvalue weighted by Gasteiger charge is 2.31. The molecule has 3 aromatic carbocycles. The van der Waals surface area contributed by atoms with E-state index in [0.29, 0.717) is 34.7 Å². The number of hydrogen-bond acceptors (Lipinski definition) is 18. The average Bonchev–Trinajstić information content (AvgIpc) is 3.76. The minimum absolute atomic E-state index is 0.0633. The van der Waals surface area contributed by atoms with Gasteiger partial charge in [0.1, 0.15) is 43.9 Å². The summed E-state index contributed by atoms with van der Waals surface area (Å²) >= 11 is 12.5. The van der Waals surface area contributed by atoms with Gasteiger partial charge in [0.05, 0.1) is 33.9 Å². The van der Waals surface area contributed by atoms with Crippen molar-refractivity contribution in [1.82, 2.24) is 29.4 Å². The van der Waals surface area contributed by atoms with Gasteiger partial charge in [0, 0.05) is 23.7 Å². The van der Waals surface area contributed by atoms with Crippen molar-refractivity contribution in [2.75, 3.05) is 25.3 Å². The molecule has 0 fully saturated rings. The number of methoxy groups -OCH3 is 1. The van der Waals surface area contributed by atoms with Crippen LogP contribution in [-0.2, 0) is 31.0 Å². The number of carboxylic acid groups (broad SMARTS) is 2. The molecular formula is C37H29Cl2F3N8O15S3. The quantitative estimate of drug-likeness (QED) is 0.0604. The maximum atomic E-state index is 12.7. The van der Waals surface area contributed by atoms with Crippen LogP contribution in [0.15, 0.2) is 83.2 Å². The summed E-state index contributed by atoms with van der Waals surface area (Å²) in [5.74, 6) is -3.69. The van der Waals surface area contributed by atoms with E-state index in [1.54, 1.807) is 39.9 Å². The number of alkyl halides is 3. The smallest absolute Gasteiger partial charge is 0.416 e. The monoisotopic (exact) mass is 1050 g/mol. The first-order valence-electron chi connectivity index (χ1n) is 17.8. The number of nitrogens with zero attached hydrogens (tertiary/aromatic N) is 5. The number of aryl methyl sites for hydroxylation is 1. The number of aromatic nitrogens is 4. The van der Waals surface area contributed by atoms with Gasteiger partial charge in [-0.3, -0.25) is 25.2 Å². The number of pyridine rings is 1. The highest BCUT2D eigenvalue weighted by atomic mass is 35.5. The highest BCUT2D eigenvalue weighted by molar-refractivity contribution is 7.90. The van der Waals surface area contributed by atoms with Crippen molar-refractivity contribution in [2.45, 2.75) is 18.0 Å². The number of carboxylic acids is 2. The minimum atomic E-state index is -4.62. The molecule has 31 heteroatoms. The van der Waals surface area contributed by atoms with E-state index in [1.807, 2.05) is 0 Å². The molecule has 3 amide bonds. The third-order valence-electron chi connectivity index (χ3n) is 7.68. The molecule has 0 aliphatic rings. The molecule has 0 aliphatic heterocycles. The maximum Gasteiger partial charge on any atom is 0.416 e. The second-order valence-corrected chi connectivity index (χ2v) is 17.8. The number of nitro groups is 1. The number of thiophene rings is 1. The largest absolute Gasteiger partial charge is 0.480 e. The third kappa shape index (κ3) is 15.0. The van der Waals surface area contributed by atoms with Crippen molar-refractivity contribution < 1.29 is 78.5 Å². The van der Waals surface area contributed by atoms with Gasteiger partial charge in [-0.05, 0) is 66.9 Å². The lowest BCUT2D eigenvalue weighted by atomic mass is 10.1. The number of halogens is 5. The van der Waals surface area contributed by atoms with E-state index in [0.717, 1.165) is 47.1 Å². The molecule has 3 aromatic heterocycles. The number of carbonyl (C=O) groups is 4. The Morgan fingerprint density at radius 1 is 0.912 bits per heavy atom. The van der Waals surface area contributed by atoms with Gasteiger partial charge in [0.2, 0.25) is 16.0 Å². The zero-order valence-electron chi connectivity index (χ0n) is 34.3. The van der Waals surface area contributed by atoms with E-state index in [4.69, 9.17) is 47.6 Å². The molecule has 0 aliphatic carbocycles. The van der Waals surface area contributed by atoms with E-state index in [2.05, 4.69) is 25.3 Å². The number of anilines is 1. The number of hydrogen-bond donors (Lipinski definition) is 5. The Kier molecular flexibility index (Phi) is 17.5. The zero-order valence-corrected chi connectivity index (χ0v) is 38.2. The van der Waals surface area contributed by atoms with Gasteiger partial charge < -0.3 is 24.4 Å². The number of aromatic carboxylic acids is 1. The first-order valence-corrected chi connectivity index (χ1v) is 22.8. The lowest BCUT2D eigenvalue weighted by Gasteiger charge is -2.12. The standard InChI is InChI=1S/C15H10ClF3N2O6S.C11H8ClNO3.C11H11N5O6S2/c1-28(25,26)20-14(22)10-7-9(3-4-12(10)21(23)24)27-13-5-2-8(6-11(13)16)15(17,18)19;12-8-3-4-9(16-6-10(14)15)11-7(8)2-1-5-13-11;1-5-12-9(15-11(13-5)22-2)14-10(19)16-24(20,21)6-3-4-23-7(6)8(17)18/h2-7H,1H3,(H,20,22);1-5H,6H2,(H,14,15);3-4H,1-2H3,(H,17,18)(H2,12,13,14,15,16,19). The van der Waals surface area contributed by atoms with Crippen LogP contribution >= 0.6 is 34.5 Å². The number of ether oxygens (including phenoxy) is 3. The molecule has 0 saturated heterocycles. The first-order chi connectivity index (χ1) is 31.7. The number of rotatable bonds is 13. The number of nitro benzene ring substituents is 1. The van der Waals surface area contributed by atoms with E-state index in [9.17, 15) is 59.3 Å². The first kappa shape index (κ1) is 53.1. The van der Waals surface area contributed by atoms with Crippen LogP contribution in [0.2, 0.25) is 10.0 Å². The van der Waals surface area contributed by atoms with E-state index in [-0.39, 0.29) is 29.3 Å². The highest BCUT2D eigenvalue weighted by Crippen LogP contribution is 2.37. The number of carbonyl (C=O) groups excluding carboxylic acids is 2. The number of amides is 3. The molecule has 0 spiro atoms. The van der Waals surface area contributed by atoms with Gasteiger partial charge in [0.15, 0.2) is 6.61 Å². The van der Waals surface area contributed by atoms with Crippen LogP contribution in [0.5, 0.6) is 23.3 Å². The number of fused-ring (bicyclic) bond motifs is 1. The molecule has 0 unspecified atom stereocenters. The summed E-state index contributed by atoms with van der Waals surface area (Å²) in [5, 5.41) is 32.8. The Balaban J connectivity index is 0.000000230. The Hall–Kier alpha value is -7.47. The molecule has 5 N–H and O–H groups in total. The summed E-state index contributed by atoms with van der Waals surface area (Å²) in [6, 6.07) is 11.8. The van der Waals surface area contributed by atoms with Crippen molar-refractivity contribution in [2.24, 2.45) is 0 Å². The number of sulfonamides is 2. The molecule has 6 aromatic rings. The second-order valence-electron chi connectivity index (χ2n) is 12.7. The van der Waals surface area contributed by atoms with Crippen molar-refractivity contribution in [1.29, 1.82) is 0 Å². The molecule has 23 nitrogen and oxygen atoms in total. The topological polar surface area (TPSA) is 335 Å². The molecule has 360 valence electrons. The van der Waals surface area contributed by atoms with Gasteiger partial charge >= 0.3 is 30.2 Å². The fourth-order valence-corrected chi connectivity index (χ4v) is 8.02. The van der Waals surface area contributed by atoms with Crippen LogP contribution in [-0.4, -0.2) is 95.8 Å². The summed E-state index contributed by atoms with van der Waals surface area (Å²) in [6.45, 7) is 1.13. The van der Waals surface area contributed by atoms with Crippen LogP contribution < -0.4 is 29.0 Å². The number of aliphatic carboxylic acids is 1. The lowest BCUT2D eigenvalue weighted by molar-refractivity contribution is -0.385. The van der Waals surface area contributed by atoms with Gasteiger partial charge in [-0.2, -0.15) is 28.1 Å². The van der Waals surface area contributed by atoms with Crippen LogP contribution in [0.25, 0.3) is 10.9 Å². The second kappa shape index (κ2) is 22.3. The van der Waals surface area contributed by atoms with Crippen molar-refractivity contribution >= 4 is 101 Å². The summed E-state index contributed by atoms with van der Waals surface area (Å²) in [5.41, 5.74) is -1.78. The van der Waals surface area contributed by atoms with Crippen LogP contribution in [0.1, 0.15) is 31.4 Å². The molecule has 0 bridgehead atoms. The number of benzene rings is 3. The van der Waals surface area contributed by atoms with Gasteiger partial charge in [-0.1, -0.05) is 23.2 Å². The summed E-state index contributed by atoms with van der Waals surface area (Å²) in [6.07, 6.45) is -2.34. The normalized spacial score (nSPS) is 11.1. The molecule has 0 saturated carbocycles. The fraction of sp³-hybridized carbons (Fsp3) is 0.135. The van der Waals surface area contributed by atoms with Crippen LogP contribution in [0.4, 0.5) is 29.6 Å². The van der Waals surface area contributed by atoms with Gasteiger partial charge in [0.25, 0.3) is 21.6 Å². The van der Waals surface area contributed by atoms with E-state index in [1.165, 1.54) is 19.4 Å².